The average Bonchev–Trinajstić information content (AvgIpc) is 3.20. The highest BCUT2D eigenvalue weighted by atomic mass is 79.9. The van der Waals surface area contributed by atoms with Crippen molar-refractivity contribution in [3.8, 4) is 0 Å². The quantitative estimate of drug-likeness (QED) is 0.418. The van der Waals surface area contributed by atoms with Crippen LogP contribution in [0, 0.1) is 22.9 Å². The van der Waals surface area contributed by atoms with E-state index in [1.54, 1.807) is 19.2 Å². The number of nitro groups is 1. The van der Waals surface area contributed by atoms with Crippen LogP contribution in [-0.2, 0) is 11.3 Å². The van der Waals surface area contributed by atoms with Gasteiger partial charge in [-0.25, -0.2) is 4.39 Å². The van der Waals surface area contributed by atoms with E-state index in [4.69, 9.17) is 11.6 Å². The number of aromatic nitrogens is 4. The monoisotopic (exact) mass is 484 g/mol. The van der Waals surface area contributed by atoms with E-state index in [2.05, 4.69) is 31.4 Å². The fraction of sp³-hybridized carbons (Fsp3) is 0.235. The molecule has 2 aromatic heterocycles. The number of nitrogens with one attached hydrogen (secondary N) is 1. The number of hydrogen-bond acceptors (Lipinski definition) is 5. The summed E-state index contributed by atoms with van der Waals surface area (Å²) in [6.07, 6.45) is 2.78. The zero-order valence-corrected chi connectivity index (χ0v) is 17.6. The van der Waals surface area contributed by atoms with Crippen molar-refractivity contribution in [3.05, 3.63) is 67.3 Å². The summed E-state index contributed by atoms with van der Waals surface area (Å²) < 4.78 is 17.1. The van der Waals surface area contributed by atoms with Gasteiger partial charge in [0.25, 0.3) is 0 Å². The van der Waals surface area contributed by atoms with Gasteiger partial charge < -0.3 is 5.32 Å². The van der Waals surface area contributed by atoms with Crippen LogP contribution in [0.1, 0.15) is 24.2 Å². The van der Waals surface area contributed by atoms with Gasteiger partial charge in [-0.3, -0.25) is 24.3 Å². The van der Waals surface area contributed by atoms with Gasteiger partial charge >= 0.3 is 5.69 Å². The number of carbonyl (C=O) groups is 1. The second-order valence-corrected chi connectivity index (χ2v) is 7.49. The highest BCUT2D eigenvalue weighted by Gasteiger charge is 2.23. The molecule has 1 aromatic carbocycles. The fourth-order valence-electron chi connectivity index (χ4n) is 2.60. The van der Waals surface area contributed by atoms with E-state index < -0.39 is 22.7 Å². The minimum atomic E-state index is -0.819. The summed E-state index contributed by atoms with van der Waals surface area (Å²) in [5.41, 5.74) is 0.313. The van der Waals surface area contributed by atoms with Gasteiger partial charge in [-0.05, 0) is 41.9 Å². The molecule has 0 saturated carbocycles. The first-order valence-electron chi connectivity index (χ1n) is 8.34. The smallest absolute Gasteiger partial charge is 0.306 e. The van der Waals surface area contributed by atoms with Gasteiger partial charge in [-0.2, -0.15) is 10.2 Å². The standard InChI is InChI=1S/C17H15BrClFN6O3/c1-9-15(26(28)29)8-25(22-9)10(2)17(27)21-16-12(18)7-24(23-16)6-11-13(19)4-3-5-14(11)20/h3-5,7-8,10H,6H2,1-2H3,(H,21,23,27). The Kier molecular flexibility index (Phi) is 5.99. The van der Waals surface area contributed by atoms with Crippen LogP contribution in [0.25, 0.3) is 0 Å². The van der Waals surface area contributed by atoms with Crippen molar-refractivity contribution < 1.29 is 14.1 Å². The van der Waals surface area contributed by atoms with Gasteiger partial charge in [-0.1, -0.05) is 17.7 Å². The lowest BCUT2D eigenvalue weighted by Crippen LogP contribution is -2.24. The number of rotatable bonds is 6. The summed E-state index contributed by atoms with van der Waals surface area (Å²) in [7, 11) is 0. The first-order valence-corrected chi connectivity index (χ1v) is 9.51. The van der Waals surface area contributed by atoms with Gasteiger partial charge in [0.1, 0.15) is 23.7 Å². The van der Waals surface area contributed by atoms with E-state index in [1.807, 2.05) is 0 Å². The van der Waals surface area contributed by atoms with Crippen molar-refractivity contribution in [2.24, 2.45) is 0 Å². The van der Waals surface area contributed by atoms with Gasteiger partial charge in [0.2, 0.25) is 5.91 Å². The van der Waals surface area contributed by atoms with Gasteiger partial charge in [-0.15, -0.1) is 0 Å². The maximum absolute atomic E-state index is 14.0. The zero-order valence-electron chi connectivity index (χ0n) is 15.3. The Hall–Kier alpha value is -2.79. The van der Waals surface area contributed by atoms with E-state index in [9.17, 15) is 19.3 Å². The second kappa shape index (κ2) is 8.29. The molecule has 0 spiro atoms. The first-order chi connectivity index (χ1) is 13.7. The molecule has 1 atom stereocenters. The van der Waals surface area contributed by atoms with Crippen molar-refractivity contribution in [1.82, 2.24) is 19.6 Å². The maximum Gasteiger partial charge on any atom is 0.309 e. The van der Waals surface area contributed by atoms with E-state index >= 15 is 0 Å². The van der Waals surface area contributed by atoms with Crippen molar-refractivity contribution in [2.45, 2.75) is 26.4 Å². The first kappa shape index (κ1) is 20.9. The van der Waals surface area contributed by atoms with Crippen molar-refractivity contribution in [2.75, 3.05) is 5.32 Å². The second-order valence-electron chi connectivity index (χ2n) is 6.23. The Balaban J connectivity index is 1.76. The van der Waals surface area contributed by atoms with E-state index in [-0.39, 0.29) is 34.3 Å². The molecule has 0 radical (unpaired) electrons. The lowest BCUT2D eigenvalue weighted by Gasteiger charge is -2.11. The van der Waals surface area contributed by atoms with Gasteiger partial charge in [0.15, 0.2) is 5.82 Å². The van der Waals surface area contributed by atoms with Crippen LogP contribution in [0.3, 0.4) is 0 Å². The summed E-state index contributed by atoms with van der Waals surface area (Å²) in [6.45, 7) is 3.11. The molecule has 3 aromatic rings. The molecule has 0 aliphatic carbocycles. The minimum Gasteiger partial charge on any atom is -0.306 e. The number of aryl methyl sites for hydroxylation is 1. The molecule has 0 aliphatic rings. The maximum atomic E-state index is 14.0. The Morgan fingerprint density at radius 2 is 2.14 bits per heavy atom. The predicted octanol–water partition coefficient (Wildman–Crippen LogP) is 4.10. The van der Waals surface area contributed by atoms with Crippen LogP contribution in [0.5, 0.6) is 0 Å². The largest absolute Gasteiger partial charge is 0.309 e. The van der Waals surface area contributed by atoms with Crippen LogP contribution in [0.15, 0.2) is 35.1 Å². The van der Waals surface area contributed by atoms with Crippen LogP contribution in [0.4, 0.5) is 15.9 Å². The molecular formula is C17H15BrClFN6O3. The minimum absolute atomic E-state index is 0.0695. The third-order valence-electron chi connectivity index (χ3n) is 4.20. The van der Waals surface area contributed by atoms with E-state index in [0.717, 1.165) is 0 Å². The van der Waals surface area contributed by atoms with Crippen molar-refractivity contribution in [3.63, 3.8) is 0 Å². The van der Waals surface area contributed by atoms with Crippen LogP contribution in [-0.4, -0.2) is 30.4 Å². The number of nitrogens with zero attached hydrogens (tertiary/aromatic N) is 5. The zero-order chi connectivity index (χ0) is 21.3. The Bertz CT molecular complexity index is 1080. The number of halogens is 3. The predicted molar refractivity (Wildman–Crippen MR) is 107 cm³/mol. The Labute approximate surface area is 177 Å². The summed E-state index contributed by atoms with van der Waals surface area (Å²) in [5, 5.41) is 22.1. The highest BCUT2D eigenvalue weighted by Crippen LogP contribution is 2.25. The molecule has 1 unspecified atom stereocenters. The molecule has 0 aliphatic heterocycles. The lowest BCUT2D eigenvalue weighted by molar-refractivity contribution is -0.385. The topological polar surface area (TPSA) is 108 Å². The molecule has 1 amide bonds. The number of benzene rings is 1. The summed E-state index contributed by atoms with van der Waals surface area (Å²) >= 11 is 9.34. The molecule has 0 fully saturated rings. The third-order valence-corrected chi connectivity index (χ3v) is 5.14. The molecular weight excluding hydrogens is 471 g/mol. The Morgan fingerprint density at radius 1 is 1.41 bits per heavy atom. The normalized spacial score (nSPS) is 12.0. The summed E-state index contributed by atoms with van der Waals surface area (Å²) in [6, 6.07) is 3.57. The van der Waals surface area contributed by atoms with Crippen molar-refractivity contribution in [1.29, 1.82) is 0 Å². The summed E-state index contributed by atoms with van der Waals surface area (Å²) in [4.78, 5) is 22.9. The number of hydrogen-bond donors (Lipinski definition) is 1. The molecule has 152 valence electrons. The molecule has 3 rings (SSSR count). The fourth-order valence-corrected chi connectivity index (χ4v) is 3.24. The molecule has 29 heavy (non-hydrogen) atoms. The number of anilines is 1. The van der Waals surface area contributed by atoms with Crippen LogP contribution >= 0.6 is 27.5 Å². The van der Waals surface area contributed by atoms with Gasteiger partial charge in [0, 0.05) is 16.8 Å². The van der Waals surface area contributed by atoms with E-state index in [0.29, 0.717) is 4.47 Å². The molecule has 12 heteroatoms. The van der Waals surface area contributed by atoms with Gasteiger partial charge in [0.05, 0.1) is 15.9 Å². The molecule has 2 heterocycles. The van der Waals surface area contributed by atoms with Crippen LogP contribution in [0.2, 0.25) is 5.02 Å². The van der Waals surface area contributed by atoms with E-state index in [1.165, 1.54) is 34.6 Å². The highest BCUT2D eigenvalue weighted by molar-refractivity contribution is 9.10. The number of carbonyl (C=O) groups excluding carboxylic acids is 1. The summed E-state index contributed by atoms with van der Waals surface area (Å²) in [5.74, 6) is -0.719. The lowest BCUT2D eigenvalue weighted by atomic mass is 10.2. The average molecular weight is 486 g/mol. The molecule has 0 bridgehead atoms. The SMILES string of the molecule is Cc1nn(C(C)C(=O)Nc2nn(Cc3c(F)cccc3Cl)cc2Br)cc1[N+](=O)[O-]. The molecule has 1 N–H and O–H groups in total. The molecule has 0 saturated heterocycles. The third kappa shape index (κ3) is 4.46. The van der Waals surface area contributed by atoms with Crippen molar-refractivity contribution >= 4 is 44.9 Å². The van der Waals surface area contributed by atoms with Crippen LogP contribution < -0.4 is 5.32 Å². The number of amides is 1. The Morgan fingerprint density at radius 3 is 2.76 bits per heavy atom. The molecule has 9 nitrogen and oxygen atoms in total.